The van der Waals surface area contributed by atoms with Gasteiger partial charge in [0.05, 0.1) is 5.75 Å². The molecule has 1 rings (SSSR count). The average molecular weight is 278 g/mol. The normalized spacial score (nSPS) is 11.2. The third kappa shape index (κ3) is 5.60. The standard InChI is InChI=1S/C9H12ClN3O3S/c1-17(15,16)6-2-5-11-9(14)7-3-4-8(10)13-12-7/h3-4H,2,5-6H2,1H3,(H,11,14). The van der Waals surface area contributed by atoms with E-state index in [4.69, 9.17) is 11.6 Å². The maximum absolute atomic E-state index is 11.5. The van der Waals surface area contributed by atoms with E-state index in [0.29, 0.717) is 6.42 Å². The van der Waals surface area contributed by atoms with Crippen molar-refractivity contribution in [3.05, 3.63) is 23.0 Å². The van der Waals surface area contributed by atoms with E-state index in [-0.39, 0.29) is 23.1 Å². The second-order valence-electron chi connectivity index (χ2n) is 3.48. The van der Waals surface area contributed by atoms with Crippen molar-refractivity contribution < 1.29 is 13.2 Å². The molecule has 0 aromatic carbocycles. The maximum atomic E-state index is 11.5. The van der Waals surface area contributed by atoms with Crippen LogP contribution in [-0.2, 0) is 9.84 Å². The molecule has 0 radical (unpaired) electrons. The molecule has 1 aromatic rings. The molecule has 0 aliphatic rings. The summed E-state index contributed by atoms with van der Waals surface area (Å²) in [5.74, 6) is -0.359. The summed E-state index contributed by atoms with van der Waals surface area (Å²) in [7, 11) is -2.99. The van der Waals surface area contributed by atoms with Gasteiger partial charge in [-0.3, -0.25) is 4.79 Å². The molecule has 0 unspecified atom stereocenters. The fourth-order valence-electron chi connectivity index (χ4n) is 1.06. The van der Waals surface area contributed by atoms with Gasteiger partial charge in [-0.05, 0) is 18.6 Å². The first kappa shape index (κ1) is 13.9. The largest absolute Gasteiger partial charge is 0.351 e. The molecular weight excluding hydrogens is 266 g/mol. The molecule has 0 bridgehead atoms. The Bertz CT molecular complexity index is 487. The van der Waals surface area contributed by atoms with Crippen LogP contribution in [0.3, 0.4) is 0 Å². The smallest absolute Gasteiger partial charge is 0.271 e. The number of nitrogens with one attached hydrogen (secondary N) is 1. The van der Waals surface area contributed by atoms with Gasteiger partial charge >= 0.3 is 0 Å². The van der Waals surface area contributed by atoms with Crippen LogP contribution in [-0.4, -0.2) is 43.1 Å². The number of carbonyl (C=O) groups excluding carboxylic acids is 1. The van der Waals surface area contributed by atoms with E-state index in [9.17, 15) is 13.2 Å². The third-order valence-corrected chi connectivity index (χ3v) is 3.07. The van der Waals surface area contributed by atoms with Crippen LogP contribution in [0.1, 0.15) is 16.9 Å². The molecule has 0 fully saturated rings. The van der Waals surface area contributed by atoms with Gasteiger partial charge in [0.25, 0.3) is 5.91 Å². The van der Waals surface area contributed by atoms with Crippen LogP contribution in [0.25, 0.3) is 0 Å². The lowest BCUT2D eigenvalue weighted by molar-refractivity contribution is 0.0947. The Morgan fingerprint density at radius 2 is 2.12 bits per heavy atom. The quantitative estimate of drug-likeness (QED) is 0.782. The van der Waals surface area contributed by atoms with Crippen LogP contribution in [0.4, 0.5) is 0 Å². The Morgan fingerprint density at radius 1 is 1.41 bits per heavy atom. The first-order chi connectivity index (χ1) is 7.88. The van der Waals surface area contributed by atoms with Crippen molar-refractivity contribution in [2.24, 2.45) is 0 Å². The Hall–Kier alpha value is -1.21. The number of amides is 1. The second-order valence-corrected chi connectivity index (χ2v) is 6.13. The average Bonchev–Trinajstić information content (AvgIpc) is 2.24. The summed E-state index contributed by atoms with van der Waals surface area (Å²) >= 11 is 5.52. The predicted octanol–water partition coefficient (Wildman–Crippen LogP) is 0.295. The fraction of sp³-hybridized carbons (Fsp3) is 0.444. The highest BCUT2D eigenvalue weighted by Gasteiger charge is 2.08. The molecule has 6 nitrogen and oxygen atoms in total. The second kappa shape index (κ2) is 5.92. The van der Waals surface area contributed by atoms with Crippen LogP contribution in [0.5, 0.6) is 0 Å². The van der Waals surface area contributed by atoms with Gasteiger partial charge in [0.1, 0.15) is 9.84 Å². The fourth-order valence-corrected chi connectivity index (χ4v) is 1.83. The van der Waals surface area contributed by atoms with Crippen LogP contribution < -0.4 is 5.32 Å². The highest BCUT2D eigenvalue weighted by molar-refractivity contribution is 7.90. The lowest BCUT2D eigenvalue weighted by Crippen LogP contribution is -2.26. The van der Waals surface area contributed by atoms with Crippen molar-refractivity contribution in [1.29, 1.82) is 0 Å². The minimum absolute atomic E-state index is 0.0412. The van der Waals surface area contributed by atoms with E-state index in [1.54, 1.807) is 0 Å². The number of hydrogen-bond acceptors (Lipinski definition) is 5. The number of halogens is 1. The minimum atomic E-state index is -2.99. The van der Waals surface area contributed by atoms with Crippen molar-refractivity contribution in [3.8, 4) is 0 Å². The van der Waals surface area contributed by atoms with E-state index < -0.39 is 15.7 Å². The molecule has 1 N–H and O–H groups in total. The van der Waals surface area contributed by atoms with Gasteiger partial charge in [0.2, 0.25) is 0 Å². The zero-order valence-electron chi connectivity index (χ0n) is 9.18. The number of sulfone groups is 1. The summed E-state index contributed by atoms with van der Waals surface area (Å²) in [4.78, 5) is 11.5. The summed E-state index contributed by atoms with van der Waals surface area (Å²) < 4.78 is 21.7. The molecule has 1 amide bonds. The van der Waals surface area contributed by atoms with Gasteiger partial charge < -0.3 is 5.32 Å². The van der Waals surface area contributed by atoms with Gasteiger partial charge in [-0.1, -0.05) is 11.6 Å². The van der Waals surface area contributed by atoms with E-state index in [1.807, 2.05) is 0 Å². The van der Waals surface area contributed by atoms with Gasteiger partial charge in [-0.2, -0.15) is 0 Å². The molecular formula is C9H12ClN3O3S. The number of aromatic nitrogens is 2. The summed E-state index contributed by atoms with van der Waals surface area (Å²) in [6.45, 7) is 0.274. The van der Waals surface area contributed by atoms with Crippen LogP contribution in [0, 0.1) is 0 Å². The number of carbonyl (C=O) groups is 1. The maximum Gasteiger partial charge on any atom is 0.271 e. The zero-order valence-corrected chi connectivity index (χ0v) is 10.8. The summed E-state index contributed by atoms with van der Waals surface area (Å²) in [5.41, 5.74) is 0.147. The van der Waals surface area contributed by atoms with Crippen molar-refractivity contribution in [2.75, 3.05) is 18.6 Å². The van der Waals surface area contributed by atoms with Gasteiger partial charge in [0.15, 0.2) is 10.8 Å². The molecule has 1 heterocycles. The van der Waals surface area contributed by atoms with Crippen molar-refractivity contribution >= 4 is 27.3 Å². The monoisotopic (exact) mass is 277 g/mol. The molecule has 0 aliphatic heterocycles. The highest BCUT2D eigenvalue weighted by atomic mass is 35.5. The van der Waals surface area contributed by atoms with Gasteiger partial charge in [-0.25, -0.2) is 8.42 Å². The van der Waals surface area contributed by atoms with E-state index in [2.05, 4.69) is 15.5 Å². The van der Waals surface area contributed by atoms with Gasteiger partial charge in [-0.15, -0.1) is 10.2 Å². The molecule has 8 heteroatoms. The summed E-state index contributed by atoms with van der Waals surface area (Å²) in [5, 5.41) is 9.87. The van der Waals surface area contributed by atoms with Crippen molar-refractivity contribution in [1.82, 2.24) is 15.5 Å². The number of rotatable bonds is 5. The summed E-state index contributed by atoms with van der Waals surface area (Å²) in [6.07, 6.45) is 1.52. The molecule has 0 atom stereocenters. The first-order valence-corrected chi connectivity index (χ1v) is 7.27. The molecule has 0 saturated carbocycles. The first-order valence-electron chi connectivity index (χ1n) is 4.83. The number of nitrogens with zero attached hydrogens (tertiary/aromatic N) is 2. The topological polar surface area (TPSA) is 89.0 Å². The minimum Gasteiger partial charge on any atom is -0.351 e. The Labute approximate surface area is 104 Å². The van der Waals surface area contributed by atoms with Crippen molar-refractivity contribution in [3.63, 3.8) is 0 Å². The molecule has 0 spiro atoms. The molecule has 0 saturated heterocycles. The molecule has 17 heavy (non-hydrogen) atoms. The predicted molar refractivity (Wildman–Crippen MR) is 63.7 cm³/mol. The Balaban J connectivity index is 2.38. The van der Waals surface area contributed by atoms with Gasteiger partial charge in [0, 0.05) is 12.8 Å². The Kier molecular flexibility index (Phi) is 4.83. The van der Waals surface area contributed by atoms with Crippen LogP contribution in [0.2, 0.25) is 5.15 Å². The van der Waals surface area contributed by atoms with Crippen LogP contribution in [0.15, 0.2) is 12.1 Å². The molecule has 94 valence electrons. The third-order valence-electron chi connectivity index (χ3n) is 1.84. The van der Waals surface area contributed by atoms with Crippen LogP contribution >= 0.6 is 11.6 Å². The Morgan fingerprint density at radius 3 is 2.65 bits per heavy atom. The number of hydrogen-bond donors (Lipinski definition) is 1. The zero-order chi connectivity index (χ0) is 12.9. The van der Waals surface area contributed by atoms with E-state index in [0.717, 1.165) is 6.26 Å². The SMILES string of the molecule is CS(=O)(=O)CCCNC(=O)c1ccc(Cl)nn1. The summed E-state index contributed by atoms with van der Waals surface area (Å²) in [6, 6.07) is 2.90. The molecule has 0 aliphatic carbocycles. The lowest BCUT2D eigenvalue weighted by Gasteiger charge is -2.03. The van der Waals surface area contributed by atoms with Crippen molar-refractivity contribution in [2.45, 2.75) is 6.42 Å². The lowest BCUT2D eigenvalue weighted by atomic mass is 10.3. The molecule has 1 aromatic heterocycles. The van der Waals surface area contributed by atoms with E-state index >= 15 is 0 Å². The van der Waals surface area contributed by atoms with E-state index in [1.165, 1.54) is 12.1 Å². The highest BCUT2D eigenvalue weighted by Crippen LogP contribution is 2.01.